The van der Waals surface area contributed by atoms with E-state index in [-0.39, 0.29) is 23.7 Å². The van der Waals surface area contributed by atoms with E-state index in [0.717, 1.165) is 60.6 Å². The summed E-state index contributed by atoms with van der Waals surface area (Å²) < 4.78 is 6.02. The van der Waals surface area contributed by atoms with Crippen LogP contribution in [0.15, 0.2) is 36.5 Å². The van der Waals surface area contributed by atoms with Gasteiger partial charge in [0.2, 0.25) is 0 Å². The minimum atomic E-state index is -0.480. The fourth-order valence-electron chi connectivity index (χ4n) is 9.36. The first-order valence-corrected chi connectivity index (χ1v) is 13.9. The van der Waals surface area contributed by atoms with Gasteiger partial charge in [-0.1, -0.05) is 19.9 Å². The second-order valence-corrected chi connectivity index (χ2v) is 13.1. The number of hydrogen-bond donors (Lipinski definition) is 1. The van der Waals surface area contributed by atoms with Crippen molar-refractivity contribution in [2.75, 3.05) is 6.61 Å². The quantitative estimate of drug-likeness (QED) is 0.542. The van der Waals surface area contributed by atoms with Crippen molar-refractivity contribution in [3.8, 4) is 5.75 Å². The Hall–Kier alpha value is -1.94. The van der Waals surface area contributed by atoms with Crippen molar-refractivity contribution in [2.45, 2.75) is 84.2 Å². The van der Waals surface area contributed by atoms with E-state index in [1.807, 2.05) is 37.3 Å². The molecule has 35 heavy (non-hydrogen) atoms. The van der Waals surface area contributed by atoms with Crippen LogP contribution in [0.2, 0.25) is 0 Å². The van der Waals surface area contributed by atoms with Gasteiger partial charge in [0.15, 0.2) is 5.78 Å². The predicted octanol–water partition coefficient (Wildman–Crippen LogP) is 6.59. The summed E-state index contributed by atoms with van der Waals surface area (Å²) in [7, 11) is 0. The molecule has 6 rings (SSSR count). The number of aliphatic hydroxyl groups is 1. The molecule has 0 bridgehead atoms. The molecule has 1 heterocycles. The lowest BCUT2D eigenvalue weighted by atomic mass is 9.44. The van der Waals surface area contributed by atoms with Crippen LogP contribution >= 0.6 is 0 Å². The summed E-state index contributed by atoms with van der Waals surface area (Å²) in [5.74, 6) is 3.96. The molecule has 4 fully saturated rings. The number of pyridine rings is 1. The van der Waals surface area contributed by atoms with Crippen LogP contribution in [0.1, 0.15) is 78.6 Å². The molecule has 0 unspecified atom stereocenters. The molecule has 1 N–H and O–H groups in total. The standard InChI is InChI=1S/C31H41NO3/c1-29(34)14-15-30(2)21(18-29)6-8-23-24-9-10-26(31(24,3)13-12-25(23)30)28(33)19-35-22-7-11-27-20(17-22)5-4-16-32-27/h4-5,7,11,16-17,21,23-26,34H,6,8-10,12-15,18-19H2,1-3H3/t21-,23-,24-,25-,26+,29+,30-,31-/m0/s1. The number of rotatable bonds is 4. The highest BCUT2D eigenvalue weighted by atomic mass is 16.5. The van der Waals surface area contributed by atoms with Gasteiger partial charge in [-0.2, -0.15) is 0 Å². The van der Waals surface area contributed by atoms with E-state index < -0.39 is 5.60 Å². The Kier molecular flexibility index (Phi) is 5.56. The third-order valence-corrected chi connectivity index (χ3v) is 11.3. The van der Waals surface area contributed by atoms with Gasteiger partial charge in [0.1, 0.15) is 12.4 Å². The van der Waals surface area contributed by atoms with Gasteiger partial charge in [-0.15, -0.1) is 0 Å². The van der Waals surface area contributed by atoms with Crippen LogP contribution in [0.3, 0.4) is 0 Å². The Balaban J connectivity index is 1.15. The number of ether oxygens (including phenoxy) is 1. The topological polar surface area (TPSA) is 59.4 Å². The molecule has 4 aliphatic rings. The van der Waals surface area contributed by atoms with Gasteiger partial charge in [-0.05, 0) is 123 Å². The highest BCUT2D eigenvalue weighted by Crippen LogP contribution is 2.68. The maximum atomic E-state index is 13.5. The highest BCUT2D eigenvalue weighted by molar-refractivity contribution is 5.84. The molecule has 4 aliphatic carbocycles. The molecule has 2 aromatic rings. The first-order chi connectivity index (χ1) is 16.7. The van der Waals surface area contributed by atoms with Gasteiger partial charge >= 0.3 is 0 Å². The number of carbonyl (C=O) groups is 1. The molecule has 4 nitrogen and oxygen atoms in total. The van der Waals surface area contributed by atoms with Crippen molar-refractivity contribution in [3.63, 3.8) is 0 Å². The summed E-state index contributed by atoms with van der Waals surface area (Å²) in [4.78, 5) is 17.9. The van der Waals surface area contributed by atoms with Crippen molar-refractivity contribution in [3.05, 3.63) is 36.5 Å². The Morgan fingerprint density at radius 2 is 1.83 bits per heavy atom. The minimum absolute atomic E-state index is 0.109. The van der Waals surface area contributed by atoms with Crippen molar-refractivity contribution in [2.24, 2.45) is 40.4 Å². The van der Waals surface area contributed by atoms with Crippen molar-refractivity contribution >= 4 is 16.7 Å². The molecule has 4 saturated carbocycles. The van der Waals surface area contributed by atoms with Crippen molar-refractivity contribution in [1.82, 2.24) is 4.98 Å². The summed E-state index contributed by atoms with van der Waals surface area (Å²) in [5.41, 5.74) is 0.937. The lowest BCUT2D eigenvalue weighted by molar-refractivity contribution is -0.151. The molecular formula is C31H41NO3. The van der Waals surface area contributed by atoms with Gasteiger partial charge < -0.3 is 9.84 Å². The Labute approximate surface area is 209 Å². The smallest absolute Gasteiger partial charge is 0.173 e. The van der Waals surface area contributed by atoms with Crippen LogP contribution in [0.5, 0.6) is 5.75 Å². The van der Waals surface area contributed by atoms with Crippen LogP contribution < -0.4 is 4.74 Å². The van der Waals surface area contributed by atoms with Gasteiger partial charge in [0.05, 0.1) is 11.1 Å². The van der Waals surface area contributed by atoms with Crippen LogP contribution in [0.25, 0.3) is 10.9 Å². The maximum Gasteiger partial charge on any atom is 0.173 e. The summed E-state index contributed by atoms with van der Waals surface area (Å²) >= 11 is 0. The average Bonchev–Trinajstić information content (AvgIpc) is 3.20. The van der Waals surface area contributed by atoms with E-state index in [0.29, 0.717) is 17.3 Å². The molecule has 0 saturated heterocycles. The lowest BCUT2D eigenvalue weighted by Gasteiger charge is -2.61. The van der Waals surface area contributed by atoms with Crippen molar-refractivity contribution in [1.29, 1.82) is 0 Å². The minimum Gasteiger partial charge on any atom is -0.486 e. The number of benzene rings is 1. The van der Waals surface area contributed by atoms with E-state index in [4.69, 9.17) is 4.74 Å². The first-order valence-electron chi connectivity index (χ1n) is 13.9. The van der Waals surface area contributed by atoms with Crippen LogP contribution in [0, 0.1) is 40.4 Å². The van der Waals surface area contributed by atoms with Crippen LogP contribution in [0.4, 0.5) is 0 Å². The van der Waals surface area contributed by atoms with E-state index in [1.165, 1.54) is 25.7 Å². The SMILES string of the molecule is C[C@@]1(O)CC[C@@]2(C)[C@@H](CC[C@@H]3[C@@H]2CC[C@]2(C)[C@@H](C(=O)COc4ccc5ncccc5c4)CC[C@@H]32)C1. The van der Waals surface area contributed by atoms with E-state index in [2.05, 4.69) is 18.8 Å². The number of nitrogens with zero attached hydrogens (tertiary/aromatic N) is 1. The van der Waals surface area contributed by atoms with Gasteiger partial charge in [0, 0.05) is 17.5 Å². The highest BCUT2D eigenvalue weighted by Gasteiger charge is 2.61. The number of Topliss-reactive ketones (excluding diaryl/α,β-unsaturated/α-hetero) is 1. The van der Waals surface area contributed by atoms with E-state index >= 15 is 0 Å². The van der Waals surface area contributed by atoms with Gasteiger partial charge in [0.25, 0.3) is 0 Å². The number of hydrogen-bond acceptors (Lipinski definition) is 4. The summed E-state index contributed by atoms with van der Waals surface area (Å²) in [5, 5.41) is 11.8. The van der Waals surface area contributed by atoms with Gasteiger partial charge in [-0.3, -0.25) is 9.78 Å². The molecule has 1 aromatic heterocycles. The molecule has 1 aromatic carbocycles. The Morgan fingerprint density at radius 1 is 1.00 bits per heavy atom. The second-order valence-electron chi connectivity index (χ2n) is 13.1. The molecule has 0 radical (unpaired) electrons. The van der Waals surface area contributed by atoms with Crippen molar-refractivity contribution < 1.29 is 14.6 Å². The van der Waals surface area contributed by atoms with E-state index in [9.17, 15) is 9.90 Å². The molecule has 0 amide bonds. The zero-order chi connectivity index (χ0) is 24.4. The molecule has 4 heteroatoms. The van der Waals surface area contributed by atoms with E-state index in [1.54, 1.807) is 6.20 Å². The lowest BCUT2D eigenvalue weighted by Crippen LogP contribution is -2.55. The number of ketones is 1. The molecule has 0 spiro atoms. The molecule has 0 aliphatic heterocycles. The van der Waals surface area contributed by atoms with Crippen LogP contribution in [-0.4, -0.2) is 28.1 Å². The monoisotopic (exact) mass is 475 g/mol. The molecule has 188 valence electrons. The number of fused-ring (bicyclic) bond motifs is 6. The largest absolute Gasteiger partial charge is 0.486 e. The second kappa shape index (κ2) is 8.30. The summed E-state index contributed by atoms with van der Waals surface area (Å²) in [6.07, 6.45) is 12.0. The maximum absolute atomic E-state index is 13.5. The zero-order valence-corrected chi connectivity index (χ0v) is 21.6. The average molecular weight is 476 g/mol. The van der Waals surface area contributed by atoms with Gasteiger partial charge in [-0.25, -0.2) is 0 Å². The summed E-state index contributed by atoms with van der Waals surface area (Å²) in [6, 6.07) is 9.83. The fraction of sp³-hybridized carbons (Fsp3) is 0.677. The number of carbonyl (C=O) groups excluding carboxylic acids is 1. The third kappa shape index (κ3) is 3.82. The number of aromatic nitrogens is 1. The summed E-state index contributed by atoms with van der Waals surface area (Å²) in [6.45, 7) is 7.17. The normalized spacial score (nSPS) is 42.7. The third-order valence-electron chi connectivity index (χ3n) is 11.3. The Bertz CT molecular complexity index is 1130. The fourth-order valence-corrected chi connectivity index (χ4v) is 9.36. The molecule has 8 atom stereocenters. The zero-order valence-electron chi connectivity index (χ0n) is 21.6. The molecular weight excluding hydrogens is 434 g/mol. The van der Waals surface area contributed by atoms with Crippen LogP contribution in [-0.2, 0) is 4.79 Å². The Morgan fingerprint density at radius 3 is 2.69 bits per heavy atom. The predicted molar refractivity (Wildman–Crippen MR) is 138 cm³/mol. The first kappa shape index (κ1) is 23.5.